The van der Waals surface area contributed by atoms with Crippen molar-refractivity contribution in [2.75, 3.05) is 36.4 Å². The fourth-order valence-electron chi connectivity index (χ4n) is 3.63. The maximum absolute atomic E-state index is 12.8. The number of carbonyl (C=O) groups excluding carboxylic acids is 2. The van der Waals surface area contributed by atoms with Gasteiger partial charge < -0.3 is 15.1 Å². The molecular formula is C20H19ClN4O4S. The molecule has 30 heavy (non-hydrogen) atoms. The molecular weight excluding hydrogens is 428 g/mol. The van der Waals surface area contributed by atoms with Crippen LogP contribution in [0.1, 0.15) is 6.42 Å². The maximum atomic E-state index is 12.8. The van der Waals surface area contributed by atoms with E-state index in [9.17, 15) is 19.7 Å². The van der Waals surface area contributed by atoms with Crippen molar-refractivity contribution in [3.8, 4) is 0 Å². The topological polar surface area (TPSA) is 95.8 Å². The summed E-state index contributed by atoms with van der Waals surface area (Å²) in [5.74, 6) is -0.302. The second-order valence-corrected chi connectivity index (χ2v) is 8.74. The molecule has 0 unspecified atom stereocenters. The molecule has 2 aliphatic heterocycles. The second kappa shape index (κ2) is 8.53. The van der Waals surface area contributed by atoms with E-state index in [2.05, 4.69) is 5.32 Å². The minimum Gasteiger partial charge on any atom is -0.362 e. The zero-order valence-electron chi connectivity index (χ0n) is 15.9. The van der Waals surface area contributed by atoms with Gasteiger partial charge in [0.2, 0.25) is 11.8 Å². The highest BCUT2D eigenvalue weighted by Gasteiger charge is 2.32. The number of halogens is 1. The number of nitro benzene ring substituents is 1. The number of nitro groups is 1. The lowest BCUT2D eigenvalue weighted by Gasteiger charge is -2.36. The molecule has 0 aliphatic carbocycles. The van der Waals surface area contributed by atoms with Gasteiger partial charge in [0.25, 0.3) is 5.69 Å². The Morgan fingerprint density at radius 1 is 1.20 bits per heavy atom. The van der Waals surface area contributed by atoms with Crippen LogP contribution in [0.5, 0.6) is 0 Å². The summed E-state index contributed by atoms with van der Waals surface area (Å²) in [4.78, 5) is 40.6. The Hall–Kier alpha value is -2.78. The molecule has 156 valence electrons. The Labute approximate surface area is 182 Å². The third kappa shape index (κ3) is 4.22. The number of anilines is 2. The van der Waals surface area contributed by atoms with Gasteiger partial charge in [0.05, 0.1) is 15.9 Å². The molecule has 1 atom stereocenters. The first-order chi connectivity index (χ1) is 14.4. The van der Waals surface area contributed by atoms with E-state index in [0.717, 1.165) is 4.90 Å². The van der Waals surface area contributed by atoms with Crippen LogP contribution < -0.4 is 10.2 Å². The molecule has 0 spiro atoms. The third-order valence-corrected chi connectivity index (χ3v) is 6.68. The second-order valence-electron chi connectivity index (χ2n) is 7.05. The molecule has 8 nitrogen and oxygen atoms in total. The van der Waals surface area contributed by atoms with Gasteiger partial charge in [-0.25, -0.2) is 0 Å². The molecule has 1 fully saturated rings. The van der Waals surface area contributed by atoms with Crippen LogP contribution in [0.15, 0.2) is 47.4 Å². The zero-order valence-corrected chi connectivity index (χ0v) is 17.5. The molecule has 2 aromatic rings. The van der Waals surface area contributed by atoms with E-state index >= 15 is 0 Å². The SMILES string of the molecule is O=C1Nc2cc(Cl)ccc2S[C@H]1CC(=O)N1CCN(c2ccccc2[N+](=O)[O-])CC1. The van der Waals surface area contributed by atoms with Gasteiger partial charge in [-0.05, 0) is 24.3 Å². The Kier molecular flexibility index (Phi) is 5.83. The van der Waals surface area contributed by atoms with Crippen molar-refractivity contribution in [3.05, 3.63) is 57.6 Å². The quantitative estimate of drug-likeness (QED) is 0.571. The largest absolute Gasteiger partial charge is 0.362 e. The van der Waals surface area contributed by atoms with Crippen LogP contribution in [0.3, 0.4) is 0 Å². The predicted octanol–water partition coefficient (Wildman–Crippen LogP) is 3.40. The summed E-state index contributed by atoms with van der Waals surface area (Å²) in [5, 5.41) is 14.1. The van der Waals surface area contributed by atoms with Gasteiger partial charge in [-0.3, -0.25) is 19.7 Å². The Balaban J connectivity index is 1.37. The molecule has 10 heteroatoms. The summed E-state index contributed by atoms with van der Waals surface area (Å²) in [6.45, 7) is 1.91. The van der Waals surface area contributed by atoms with E-state index in [0.29, 0.717) is 42.6 Å². The molecule has 0 aromatic heterocycles. The lowest BCUT2D eigenvalue weighted by atomic mass is 10.2. The van der Waals surface area contributed by atoms with E-state index < -0.39 is 10.2 Å². The van der Waals surface area contributed by atoms with Gasteiger partial charge in [-0.2, -0.15) is 0 Å². The van der Waals surface area contributed by atoms with Crippen molar-refractivity contribution in [3.63, 3.8) is 0 Å². The van der Waals surface area contributed by atoms with Crippen LogP contribution in [-0.2, 0) is 9.59 Å². The number of benzene rings is 2. The van der Waals surface area contributed by atoms with Crippen molar-refractivity contribution in [1.82, 2.24) is 4.90 Å². The van der Waals surface area contributed by atoms with E-state index in [1.807, 2.05) is 11.0 Å². The average molecular weight is 447 g/mol. The lowest BCUT2D eigenvalue weighted by molar-refractivity contribution is -0.384. The van der Waals surface area contributed by atoms with Crippen molar-refractivity contribution in [2.24, 2.45) is 0 Å². The van der Waals surface area contributed by atoms with Gasteiger partial charge in [0.15, 0.2) is 0 Å². The van der Waals surface area contributed by atoms with Crippen LogP contribution in [0.2, 0.25) is 5.02 Å². The number of piperazine rings is 1. The van der Waals surface area contributed by atoms with Crippen molar-refractivity contribution >= 4 is 52.2 Å². The van der Waals surface area contributed by atoms with Gasteiger partial charge in [-0.15, -0.1) is 11.8 Å². The lowest BCUT2D eigenvalue weighted by Crippen LogP contribution is -2.50. The molecule has 2 aromatic carbocycles. The number of nitrogens with zero attached hydrogens (tertiary/aromatic N) is 3. The van der Waals surface area contributed by atoms with Crippen molar-refractivity contribution in [2.45, 2.75) is 16.6 Å². The molecule has 4 rings (SSSR count). The van der Waals surface area contributed by atoms with Gasteiger partial charge >= 0.3 is 0 Å². The first-order valence-electron chi connectivity index (χ1n) is 9.45. The summed E-state index contributed by atoms with van der Waals surface area (Å²) in [7, 11) is 0. The molecule has 0 saturated carbocycles. The first kappa shape index (κ1) is 20.5. The number of carbonyl (C=O) groups is 2. The van der Waals surface area contributed by atoms with Crippen LogP contribution >= 0.6 is 23.4 Å². The van der Waals surface area contributed by atoms with Crippen LogP contribution in [0.25, 0.3) is 0 Å². The minimum atomic E-state index is -0.501. The number of hydrogen-bond donors (Lipinski definition) is 1. The van der Waals surface area contributed by atoms with Gasteiger partial charge in [0, 0.05) is 48.6 Å². The number of thioether (sulfide) groups is 1. The van der Waals surface area contributed by atoms with E-state index in [4.69, 9.17) is 11.6 Å². The van der Waals surface area contributed by atoms with E-state index in [1.165, 1.54) is 17.8 Å². The molecule has 1 saturated heterocycles. The highest BCUT2D eigenvalue weighted by molar-refractivity contribution is 8.01. The summed E-state index contributed by atoms with van der Waals surface area (Å²) in [6, 6.07) is 11.9. The van der Waals surface area contributed by atoms with E-state index in [-0.39, 0.29) is 23.9 Å². The minimum absolute atomic E-state index is 0.0614. The highest BCUT2D eigenvalue weighted by Crippen LogP contribution is 2.38. The number of nitrogens with one attached hydrogen (secondary N) is 1. The Morgan fingerprint density at radius 3 is 2.67 bits per heavy atom. The number of fused-ring (bicyclic) bond motifs is 1. The van der Waals surface area contributed by atoms with Gasteiger partial charge in [-0.1, -0.05) is 23.7 Å². The van der Waals surface area contributed by atoms with Crippen molar-refractivity contribution in [1.29, 1.82) is 0 Å². The average Bonchev–Trinajstić information content (AvgIpc) is 2.74. The standard InChI is InChI=1S/C20H19ClN4O4S/c21-13-5-6-17-14(11-13)22-20(27)18(30-17)12-19(26)24-9-7-23(8-10-24)15-3-1-2-4-16(15)25(28)29/h1-6,11,18H,7-10,12H2,(H,22,27)/t18-/m0/s1. The highest BCUT2D eigenvalue weighted by atomic mass is 35.5. The number of hydrogen-bond acceptors (Lipinski definition) is 6. The van der Waals surface area contributed by atoms with Crippen LogP contribution in [-0.4, -0.2) is 53.1 Å². The first-order valence-corrected chi connectivity index (χ1v) is 10.7. The number of para-hydroxylation sites is 2. The van der Waals surface area contributed by atoms with Crippen molar-refractivity contribution < 1.29 is 14.5 Å². The number of rotatable bonds is 4. The monoisotopic (exact) mass is 446 g/mol. The smallest absolute Gasteiger partial charge is 0.292 e. The Morgan fingerprint density at radius 2 is 1.93 bits per heavy atom. The van der Waals surface area contributed by atoms with E-state index in [1.54, 1.807) is 35.2 Å². The molecule has 2 aliphatic rings. The maximum Gasteiger partial charge on any atom is 0.292 e. The Bertz CT molecular complexity index is 1010. The summed E-state index contributed by atoms with van der Waals surface area (Å²) < 4.78 is 0. The fourth-order valence-corrected chi connectivity index (χ4v) is 4.88. The van der Waals surface area contributed by atoms with Crippen LogP contribution in [0, 0.1) is 10.1 Å². The van der Waals surface area contributed by atoms with Gasteiger partial charge in [0.1, 0.15) is 5.69 Å². The normalized spacial score (nSPS) is 18.6. The molecule has 0 radical (unpaired) electrons. The molecule has 0 bridgehead atoms. The molecule has 2 heterocycles. The fraction of sp³-hybridized carbons (Fsp3) is 0.300. The molecule has 1 N–H and O–H groups in total. The predicted molar refractivity (Wildman–Crippen MR) is 116 cm³/mol. The summed E-state index contributed by atoms with van der Waals surface area (Å²) in [5.41, 5.74) is 1.29. The van der Waals surface area contributed by atoms with Crippen LogP contribution in [0.4, 0.5) is 17.1 Å². The third-order valence-electron chi connectivity index (χ3n) is 5.17. The molecule has 2 amide bonds. The summed E-state index contributed by atoms with van der Waals surface area (Å²) >= 11 is 7.33. The number of amides is 2. The summed E-state index contributed by atoms with van der Waals surface area (Å²) in [6.07, 6.45) is 0.101. The zero-order chi connectivity index (χ0) is 21.3.